The van der Waals surface area contributed by atoms with Gasteiger partial charge in [0.25, 0.3) is 0 Å². The lowest BCUT2D eigenvalue weighted by Crippen LogP contribution is -2.74. The third kappa shape index (κ3) is 10.3. The first-order chi connectivity index (χ1) is 43.0. The molecule has 4 saturated heterocycles. The molecular formula is C62H70N4O24. The molecule has 90 heavy (non-hydrogen) atoms. The number of nitrogens with zero attached hydrogens (tertiary/aromatic N) is 4. The van der Waals surface area contributed by atoms with E-state index in [4.69, 9.17) is 37.9 Å². The number of aromatic hydroxyl groups is 4. The molecule has 4 fully saturated rings. The lowest BCUT2D eigenvalue weighted by molar-refractivity contribution is -0.383. The smallest absolute Gasteiger partial charge is 0.202 e. The quantitative estimate of drug-likeness (QED) is 0.0482. The number of phenolic OH excluding ortho intramolecular Hbond substituents is 4. The topological polar surface area (TPSA) is 392 Å². The van der Waals surface area contributed by atoms with Gasteiger partial charge in [0.1, 0.15) is 58.9 Å². The van der Waals surface area contributed by atoms with Crippen LogP contribution >= 0.6 is 0 Å². The summed E-state index contributed by atoms with van der Waals surface area (Å²) in [6.45, 7) is 2.33. The van der Waals surface area contributed by atoms with Crippen LogP contribution in [0.15, 0.2) is 36.4 Å². The molecule has 4 aromatic rings. The second kappa shape index (κ2) is 24.3. The Morgan fingerprint density at radius 2 is 0.911 bits per heavy atom. The Hall–Kier alpha value is -6.94. The molecule has 28 nitrogen and oxygen atoms in total. The summed E-state index contributed by atoms with van der Waals surface area (Å²) in [4.78, 5) is 84.6. The molecule has 0 spiro atoms. The molecule has 8 aliphatic rings. The van der Waals surface area contributed by atoms with Crippen molar-refractivity contribution in [2.75, 3.05) is 80.0 Å². The van der Waals surface area contributed by atoms with E-state index in [2.05, 4.69) is 0 Å². The number of ketones is 6. The van der Waals surface area contributed by atoms with E-state index in [0.29, 0.717) is 0 Å². The Labute approximate surface area is 513 Å². The van der Waals surface area contributed by atoms with E-state index in [1.54, 1.807) is 24.1 Å². The zero-order valence-corrected chi connectivity index (χ0v) is 49.5. The van der Waals surface area contributed by atoms with E-state index in [9.17, 15) is 79.8 Å². The number of hydrazine groups is 3. The standard InChI is InChI=1S/C62H70N4O24/c1-27-51(71)33(19-41(87-27)89-37-23-61(81,39(69)25-67)21-31-45(37)59(79)49-47(55(31)75)53(73)29-7-5-9-35(83-3)43(29)57(49)77)65(63-11-15-85-16-12-63)66(64-13-17-86-18-14-64)34-20-42(88-28(2)52(34)72)90-38-24-62(82,40(70)26-68)22-32-46(38)60(80)50-48(56(32)76)54(74)30-8-6-10-36(84-4)44(30)58(50)78/h5-10,27-28,33-34,37-38,41-42,51-52,67-68,71-72,75-76,79-82H,11-26H2,1-4H3/t27?,28?,33?,34?,37-,38-,41?,42?,51?,52?,61-,62-/m0/s1. The van der Waals surface area contributed by atoms with E-state index in [0.717, 1.165) is 0 Å². The molecule has 10 N–H and O–H groups in total. The Balaban J connectivity index is 0.921. The summed E-state index contributed by atoms with van der Waals surface area (Å²) in [5.41, 5.74) is -9.19. The lowest BCUT2D eigenvalue weighted by atomic mass is 9.72. The van der Waals surface area contributed by atoms with Crippen molar-refractivity contribution in [1.82, 2.24) is 20.3 Å². The highest BCUT2D eigenvalue weighted by molar-refractivity contribution is 6.32. The summed E-state index contributed by atoms with van der Waals surface area (Å²) in [7, 11) is 2.57. The number of aliphatic hydroxyl groups is 6. The third-order valence-electron chi connectivity index (χ3n) is 18.8. The number of aliphatic hydroxyl groups excluding tert-OH is 4. The van der Waals surface area contributed by atoms with Crippen LogP contribution in [-0.4, -0.2) is 246 Å². The lowest BCUT2D eigenvalue weighted by Gasteiger charge is -2.58. The van der Waals surface area contributed by atoms with Gasteiger partial charge in [0, 0.05) is 98.1 Å². The van der Waals surface area contributed by atoms with Gasteiger partial charge in [-0.2, -0.15) is 10.2 Å². The van der Waals surface area contributed by atoms with Crippen molar-refractivity contribution in [3.63, 3.8) is 0 Å². The minimum atomic E-state index is -2.49. The molecule has 0 radical (unpaired) electrons. The second-order valence-corrected chi connectivity index (χ2v) is 23.9. The van der Waals surface area contributed by atoms with Gasteiger partial charge in [-0.3, -0.25) is 28.8 Å². The van der Waals surface area contributed by atoms with Crippen molar-refractivity contribution in [2.45, 2.75) is 125 Å². The average Bonchev–Trinajstić information content (AvgIpc) is 0.746. The number of ether oxygens (including phenoxy) is 8. The zero-order valence-electron chi connectivity index (χ0n) is 49.5. The van der Waals surface area contributed by atoms with Gasteiger partial charge >= 0.3 is 0 Å². The van der Waals surface area contributed by atoms with Crippen molar-refractivity contribution >= 4 is 34.7 Å². The molecule has 4 heterocycles. The van der Waals surface area contributed by atoms with E-state index >= 15 is 0 Å². The van der Waals surface area contributed by atoms with Crippen molar-refractivity contribution in [3.8, 4) is 34.5 Å². The molecule has 28 heteroatoms. The normalized spacial score (nSPS) is 30.3. The molecule has 0 saturated carbocycles. The monoisotopic (exact) mass is 1250 g/mol. The summed E-state index contributed by atoms with van der Waals surface area (Å²) in [6, 6.07) is 6.28. The summed E-state index contributed by atoms with van der Waals surface area (Å²) in [5.74, 6) is -8.92. The van der Waals surface area contributed by atoms with Crippen LogP contribution in [-0.2, 0) is 50.9 Å². The van der Waals surface area contributed by atoms with Gasteiger partial charge < -0.3 is 89.0 Å². The number of carbonyl (C=O) groups is 6. The van der Waals surface area contributed by atoms with Crippen LogP contribution in [0, 0.1) is 0 Å². The number of methoxy groups -OCH3 is 2. The number of benzene rings is 4. The van der Waals surface area contributed by atoms with Gasteiger partial charge in [-0.05, 0) is 26.0 Å². The van der Waals surface area contributed by atoms with Crippen molar-refractivity contribution in [2.24, 2.45) is 0 Å². The Morgan fingerprint density at radius 1 is 0.556 bits per heavy atom. The minimum Gasteiger partial charge on any atom is -0.507 e. The molecule has 0 bridgehead atoms. The largest absolute Gasteiger partial charge is 0.507 e. The molecule has 0 aromatic heterocycles. The van der Waals surface area contributed by atoms with Gasteiger partial charge in [-0.1, -0.05) is 24.3 Å². The van der Waals surface area contributed by atoms with E-state index < -0.39 is 191 Å². The fraction of sp³-hybridized carbons (Fsp3) is 0.516. The van der Waals surface area contributed by atoms with Gasteiger partial charge in [0.2, 0.25) is 11.6 Å². The number of morpholine rings is 2. The summed E-state index contributed by atoms with van der Waals surface area (Å²) in [5, 5.41) is 126. The predicted molar refractivity (Wildman–Crippen MR) is 304 cm³/mol. The van der Waals surface area contributed by atoms with Gasteiger partial charge in [0.15, 0.2) is 35.7 Å². The van der Waals surface area contributed by atoms with Crippen molar-refractivity contribution in [1.29, 1.82) is 0 Å². The van der Waals surface area contributed by atoms with E-state index in [1.165, 1.54) is 50.6 Å². The fourth-order valence-electron chi connectivity index (χ4n) is 14.3. The van der Waals surface area contributed by atoms with E-state index in [1.807, 2.05) is 10.0 Å². The highest BCUT2D eigenvalue weighted by Crippen LogP contribution is 2.55. The van der Waals surface area contributed by atoms with Gasteiger partial charge in [0.05, 0.1) is 123 Å². The van der Waals surface area contributed by atoms with Crippen LogP contribution < -0.4 is 9.47 Å². The zero-order chi connectivity index (χ0) is 64.2. The van der Waals surface area contributed by atoms with Crippen LogP contribution in [0.4, 0.5) is 0 Å². The van der Waals surface area contributed by atoms with Crippen LogP contribution in [0.3, 0.4) is 0 Å². The molecule has 482 valence electrons. The summed E-state index contributed by atoms with van der Waals surface area (Å²) >= 11 is 0. The molecule has 4 aliphatic carbocycles. The first-order valence-corrected chi connectivity index (χ1v) is 29.7. The molecule has 12 rings (SSSR count). The summed E-state index contributed by atoms with van der Waals surface area (Å²) < 4.78 is 48.8. The van der Waals surface area contributed by atoms with Crippen LogP contribution in [0.1, 0.15) is 138 Å². The van der Waals surface area contributed by atoms with Crippen LogP contribution in [0.2, 0.25) is 0 Å². The van der Waals surface area contributed by atoms with Crippen molar-refractivity contribution in [3.05, 3.63) is 103 Å². The van der Waals surface area contributed by atoms with Crippen LogP contribution in [0.5, 0.6) is 34.5 Å². The second-order valence-electron chi connectivity index (χ2n) is 23.9. The molecule has 4 aromatic carbocycles. The summed E-state index contributed by atoms with van der Waals surface area (Å²) in [6.07, 6.45) is -14.6. The van der Waals surface area contributed by atoms with Crippen molar-refractivity contribution < 1.29 is 118 Å². The molecule has 0 amide bonds. The Morgan fingerprint density at radius 3 is 1.26 bits per heavy atom. The highest BCUT2D eigenvalue weighted by atomic mass is 16.7. The predicted octanol–water partition coefficient (Wildman–Crippen LogP) is 0.112. The maximum Gasteiger partial charge on any atom is 0.202 e. The fourth-order valence-corrected chi connectivity index (χ4v) is 14.3. The number of hydrogen-bond acceptors (Lipinski definition) is 28. The minimum absolute atomic E-state index is 0.00569. The molecule has 8 unspecified atom stereocenters. The maximum absolute atomic E-state index is 14.5. The molecule has 12 atom stereocenters. The van der Waals surface area contributed by atoms with Gasteiger partial charge in [-0.25, -0.2) is 10.0 Å². The maximum atomic E-state index is 14.5. The van der Waals surface area contributed by atoms with Crippen LogP contribution in [0.25, 0.3) is 0 Å². The number of carbonyl (C=O) groups excluding carboxylic acids is 6. The number of fused-ring (bicyclic) bond motifs is 6. The average molecular weight is 1260 g/mol. The number of Topliss-reactive ketones (excluding diaryl/α,β-unsaturated/α-hetero) is 2. The number of hydrogen-bond donors (Lipinski definition) is 10. The Kier molecular flexibility index (Phi) is 17.0. The van der Waals surface area contributed by atoms with E-state index in [-0.39, 0.29) is 121 Å². The number of rotatable bonds is 15. The highest BCUT2D eigenvalue weighted by Gasteiger charge is 2.56. The first kappa shape index (κ1) is 63.2. The third-order valence-corrected chi connectivity index (χ3v) is 18.8. The molecular weight excluding hydrogens is 1180 g/mol. The number of phenols is 4. The van der Waals surface area contributed by atoms with Gasteiger partial charge in [-0.15, -0.1) is 0 Å². The SMILES string of the molecule is COc1cccc2c1C(=O)c1c(O)c3c(c(O)c1C2=O)C[C@@](O)(C(=O)CO)C[C@@H]3OC1CC(N(N2CCOCC2)N(C2CC(O[C@H]3C[C@](O)(C(=O)CO)Cc4c(O)c5c(c(O)c43)C(=O)c3c(OC)cccc3C5=O)OC(C)C2O)N2CCOCC2)C(O)C(C)O1. The first-order valence-electron chi connectivity index (χ1n) is 29.7. The molecule has 4 aliphatic heterocycles. The Bertz CT molecular complexity index is 3380.